The zero-order valence-corrected chi connectivity index (χ0v) is 9.71. The lowest BCUT2D eigenvalue weighted by Crippen LogP contribution is -2.15. The van der Waals surface area contributed by atoms with Gasteiger partial charge in [0.15, 0.2) is 5.78 Å². The van der Waals surface area contributed by atoms with E-state index in [0.717, 1.165) is 5.56 Å². The maximum Gasteiger partial charge on any atom is 0.166 e. The van der Waals surface area contributed by atoms with Crippen LogP contribution < -0.4 is 0 Å². The predicted octanol–water partition coefficient (Wildman–Crippen LogP) is 2.93. The molecule has 0 saturated carbocycles. The highest BCUT2D eigenvalue weighted by atomic mass is 19.1. The van der Waals surface area contributed by atoms with Gasteiger partial charge in [0, 0.05) is 17.9 Å². The minimum absolute atomic E-state index is 0.0325. The molecule has 0 N–H and O–H groups in total. The van der Waals surface area contributed by atoms with Crippen molar-refractivity contribution in [1.29, 1.82) is 0 Å². The summed E-state index contributed by atoms with van der Waals surface area (Å²) in [6.07, 6.45) is 0.203. The lowest BCUT2D eigenvalue weighted by atomic mass is 9.92. The summed E-state index contributed by atoms with van der Waals surface area (Å²) in [6.45, 7) is 4.89. The van der Waals surface area contributed by atoms with E-state index in [9.17, 15) is 14.0 Å². The fourth-order valence-electron chi connectivity index (χ4n) is 1.65. The normalized spacial score (nSPS) is 12.2. The average molecular weight is 222 g/mol. The number of hydrogen-bond donors (Lipinski definition) is 0. The summed E-state index contributed by atoms with van der Waals surface area (Å²) >= 11 is 0. The van der Waals surface area contributed by atoms with Gasteiger partial charge in [-0.15, -0.1) is 0 Å². The fourth-order valence-corrected chi connectivity index (χ4v) is 1.65. The Hall–Kier alpha value is -1.51. The molecular formula is C13H15FO2. The highest BCUT2D eigenvalue weighted by Crippen LogP contribution is 2.17. The lowest BCUT2D eigenvalue weighted by molar-refractivity contribution is -0.117. The first kappa shape index (κ1) is 12.6. The second-order valence-corrected chi connectivity index (χ2v) is 4.13. The van der Waals surface area contributed by atoms with Gasteiger partial charge in [-0.25, -0.2) is 4.39 Å². The van der Waals surface area contributed by atoms with Crippen molar-refractivity contribution >= 4 is 11.6 Å². The molecule has 1 atom stereocenters. The van der Waals surface area contributed by atoms with Crippen LogP contribution in [0.15, 0.2) is 18.2 Å². The molecule has 1 aromatic rings. The number of halogens is 1. The molecule has 0 aliphatic rings. The predicted molar refractivity (Wildman–Crippen MR) is 59.9 cm³/mol. The molecule has 16 heavy (non-hydrogen) atoms. The first-order valence-corrected chi connectivity index (χ1v) is 5.21. The van der Waals surface area contributed by atoms with Gasteiger partial charge in [0.1, 0.15) is 11.6 Å². The Labute approximate surface area is 94.5 Å². The van der Waals surface area contributed by atoms with E-state index in [0.29, 0.717) is 5.56 Å². The maximum absolute atomic E-state index is 13.0. The Kier molecular flexibility index (Phi) is 3.93. The third kappa shape index (κ3) is 2.99. The minimum Gasteiger partial charge on any atom is -0.300 e. The van der Waals surface area contributed by atoms with Crippen molar-refractivity contribution < 1.29 is 14.0 Å². The number of Topliss-reactive ketones (excluding diaryl/α,β-unsaturated/α-hetero) is 2. The molecular weight excluding hydrogens is 207 g/mol. The van der Waals surface area contributed by atoms with Crippen LogP contribution in [0.2, 0.25) is 0 Å². The highest BCUT2D eigenvalue weighted by molar-refractivity contribution is 6.00. The molecule has 1 unspecified atom stereocenters. The van der Waals surface area contributed by atoms with Gasteiger partial charge in [-0.3, -0.25) is 4.79 Å². The van der Waals surface area contributed by atoms with Gasteiger partial charge >= 0.3 is 0 Å². The van der Waals surface area contributed by atoms with E-state index in [1.54, 1.807) is 19.9 Å². The molecule has 0 aliphatic heterocycles. The molecule has 0 heterocycles. The smallest absolute Gasteiger partial charge is 0.166 e. The van der Waals surface area contributed by atoms with Crippen LogP contribution in [0.25, 0.3) is 0 Å². The van der Waals surface area contributed by atoms with Gasteiger partial charge in [-0.05, 0) is 31.5 Å². The summed E-state index contributed by atoms with van der Waals surface area (Å²) in [4.78, 5) is 22.8. The van der Waals surface area contributed by atoms with Crippen molar-refractivity contribution in [3.8, 4) is 0 Å². The third-order valence-electron chi connectivity index (χ3n) is 2.51. The van der Waals surface area contributed by atoms with E-state index in [1.165, 1.54) is 19.1 Å². The van der Waals surface area contributed by atoms with Crippen molar-refractivity contribution in [2.24, 2.45) is 5.92 Å². The number of rotatable bonds is 4. The monoisotopic (exact) mass is 222 g/mol. The van der Waals surface area contributed by atoms with Crippen molar-refractivity contribution in [2.45, 2.75) is 27.2 Å². The summed E-state index contributed by atoms with van der Waals surface area (Å²) in [5, 5.41) is 0. The Morgan fingerprint density at radius 3 is 2.56 bits per heavy atom. The van der Waals surface area contributed by atoms with Gasteiger partial charge < -0.3 is 4.79 Å². The SMILES string of the molecule is CC(=O)CC(C)C(=O)c1cc(F)ccc1C. The molecule has 3 heteroatoms. The Balaban J connectivity index is 2.95. The number of hydrogen-bond acceptors (Lipinski definition) is 2. The number of carbonyl (C=O) groups is 2. The van der Waals surface area contributed by atoms with Crippen LogP contribution in [0.4, 0.5) is 4.39 Å². The van der Waals surface area contributed by atoms with Crippen LogP contribution in [0, 0.1) is 18.7 Å². The number of aryl methyl sites for hydroxylation is 1. The topological polar surface area (TPSA) is 34.1 Å². The summed E-state index contributed by atoms with van der Waals surface area (Å²) in [5.41, 5.74) is 1.11. The van der Waals surface area contributed by atoms with E-state index >= 15 is 0 Å². The van der Waals surface area contributed by atoms with Crippen LogP contribution >= 0.6 is 0 Å². The molecule has 1 aromatic carbocycles. The van der Waals surface area contributed by atoms with E-state index in [-0.39, 0.29) is 18.0 Å². The van der Waals surface area contributed by atoms with Gasteiger partial charge in [0.25, 0.3) is 0 Å². The average Bonchev–Trinajstić information content (AvgIpc) is 2.19. The number of carbonyl (C=O) groups excluding carboxylic acids is 2. The van der Waals surface area contributed by atoms with Gasteiger partial charge in [0.05, 0.1) is 0 Å². The molecule has 0 aliphatic carbocycles. The minimum atomic E-state index is -0.427. The maximum atomic E-state index is 13.0. The first-order valence-electron chi connectivity index (χ1n) is 5.21. The van der Waals surface area contributed by atoms with Gasteiger partial charge in [-0.2, -0.15) is 0 Å². The molecule has 86 valence electrons. The second-order valence-electron chi connectivity index (χ2n) is 4.13. The lowest BCUT2D eigenvalue weighted by Gasteiger charge is -2.10. The van der Waals surface area contributed by atoms with E-state index in [2.05, 4.69) is 0 Å². The Morgan fingerprint density at radius 1 is 1.38 bits per heavy atom. The van der Waals surface area contributed by atoms with Crippen molar-refractivity contribution in [3.63, 3.8) is 0 Å². The molecule has 0 radical (unpaired) electrons. The first-order chi connectivity index (χ1) is 7.41. The zero-order chi connectivity index (χ0) is 12.3. The molecule has 0 fully saturated rings. The number of benzene rings is 1. The van der Waals surface area contributed by atoms with Crippen LogP contribution in [-0.4, -0.2) is 11.6 Å². The molecule has 0 aromatic heterocycles. The van der Waals surface area contributed by atoms with Crippen LogP contribution in [0.3, 0.4) is 0 Å². The van der Waals surface area contributed by atoms with E-state index in [1.807, 2.05) is 0 Å². The molecule has 0 amide bonds. The molecule has 1 rings (SSSR count). The molecule has 0 bridgehead atoms. The van der Waals surface area contributed by atoms with E-state index in [4.69, 9.17) is 0 Å². The highest BCUT2D eigenvalue weighted by Gasteiger charge is 2.18. The van der Waals surface area contributed by atoms with Crippen molar-refractivity contribution in [2.75, 3.05) is 0 Å². The van der Waals surface area contributed by atoms with Crippen LogP contribution in [0.5, 0.6) is 0 Å². The van der Waals surface area contributed by atoms with Crippen LogP contribution in [-0.2, 0) is 4.79 Å². The summed E-state index contributed by atoms with van der Waals surface area (Å²) < 4.78 is 13.0. The van der Waals surface area contributed by atoms with Gasteiger partial charge in [-0.1, -0.05) is 13.0 Å². The third-order valence-corrected chi connectivity index (χ3v) is 2.51. The zero-order valence-electron chi connectivity index (χ0n) is 9.71. The summed E-state index contributed by atoms with van der Waals surface area (Å²) in [7, 11) is 0. The van der Waals surface area contributed by atoms with Crippen LogP contribution in [0.1, 0.15) is 36.2 Å². The Bertz CT molecular complexity index is 424. The molecule has 0 saturated heterocycles. The van der Waals surface area contributed by atoms with Crippen molar-refractivity contribution in [3.05, 3.63) is 35.1 Å². The summed E-state index contributed by atoms with van der Waals surface area (Å²) in [5.74, 6) is -1.02. The largest absolute Gasteiger partial charge is 0.300 e. The molecule has 2 nitrogen and oxygen atoms in total. The molecule has 0 spiro atoms. The summed E-state index contributed by atoms with van der Waals surface area (Å²) in [6, 6.07) is 4.12. The van der Waals surface area contributed by atoms with E-state index < -0.39 is 11.7 Å². The Morgan fingerprint density at radius 2 is 2.00 bits per heavy atom. The quantitative estimate of drug-likeness (QED) is 0.734. The standard InChI is InChI=1S/C13H15FO2/c1-8-4-5-11(14)7-12(8)13(16)9(2)6-10(3)15/h4-5,7,9H,6H2,1-3H3. The fraction of sp³-hybridized carbons (Fsp3) is 0.385. The van der Waals surface area contributed by atoms with Gasteiger partial charge in [0.2, 0.25) is 0 Å². The van der Waals surface area contributed by atoms with Crippen molar-refractivity contribution in [1.82, 2.24) is 0 Å². The second kappa shape index (κ2) is 5.01. The number of ketones is 2.